The molecule has 1 fully saturated rings. The predicted octanol–water partition coefficient (Wildman–Crippen LogP) is -0.0739. The van der Waals surface area contributed by atoms with Crippen LogP contribution < -0.4 is 5.14 Å². The van der Waals surface area contributed by atoms with Crippen molar-refractivity contribution in [3.63, 3.8) is 0 Å². The average Bonchev–Trinajstić information content (AvgIpc) is 2.40. The number of piperazine rings is 1. The van der Waals surface area contributed by atoms with Gasteiger partial charge in [-0.1, -0.05) is 6.07 Å². The molecule has 110 valence electrons. The molecule has 6 nitrogen and oxygen atoms in total. The van der Waals surface area contributed by atoms with Gasteiger partial charge < -0.3 is 4.90 Å². The molecule has 0 atom stereocenters. The Hall–Kier alpha value is -1.58. The Balaban J connectivity index is 2.11. The van der Waals surface area contributed by atoms with Crippen LogP contribution in [-0.4, -0.2) is 49.7 Å². The fraction of sp³-hybridized carbons (Fsp3) is 0.364. The van der Waals surface area contributed by atoms with Gasteiger partial charge in [0.15, 0.2) is 11.6 Å². The Kier molecular flexibility index (Phi) is 4.02. The van der Waals surface area contributed by atoms with E-state index in [1.165, 1.54) is 17.0 Å². The van der Waals surface area contributed by atoms with Gasteiger partial charge in [-0.25, -0.2) is 13.9 Å². The number of nitrogens with zero attached hydrogens (tertiary/aromatic N) is 2. The molecular formula is C11H13F2N3O3S. The van der Waals surface area contributed by atoms with E-state index in [4.69, 9.17) is 5.14 Å². The number of carbonyl (C=O) groups excluding carboxylic acids is 1. The quantitative estimate of drug-likeness (QED) is 0.830. The molecule has 9 heteroatoms. The number of benzene rings is 1. The molecule has 1 aromatic rings. The number of rotatable bonds is 2. The van der Waals surface area contributed by atoms with Crippen LogP contribution in [0.5, 0.6) is 0 Å². The van der Waals surface area contributed by atoms with Crippen LogP contribution in [-0.2, 0) is 10.2 Å². The van der Waals surface area contributed by atoms with Crippen LogP contribution >= 0.6 is 0 Å². The first-order valence-corrected chi connectivity index (χ1v) is 7.32. The smallest absolute Gasteiger partial charge is 0.277 e. The molecule has 0 saturated carbocycles. The van der Waals surface area contributed by atoms with Crippen molar-refractivity contribution in [3.8, 4) is 0 Å². The van der Waals surface area contributed by atoms with E-state index < -0.39 is 27.8 Å². The first-order valence-electron chi connectivity index (χ1n) is 5.82. The van der Waals surface area contributed by atoms with E-state index >= 15 is 0 Å². The van der Waals surface area contributed by atoms with Crippen molar-refractivity contribution in [3.05, 3.63) is 35.4 Å². The van der Waals surface area contributed by atoms with Crippen LogP contribution in [0.3, 0.4) is 0 Å². The van der Waals surface area contributed by atoms with Crippen molar-refractivity contribution in [1.29, 1.82) is 0 Å². The van der Waals surface area contributed by atoms with Gasteiger partial charge in [0.05, 0.1) is 5.56 Å². The number of amides is 1. The molecule has 0 radical (unpaired) electrons. The zero-order valence-electron chi connectivity index (χ0n) is 10.4. The minimum Gasteiger partial charge on any atom is -0.336 e. The molecule has 2 rings (SSSR count). The van der Waals surface area contributed by atoms with Crippen LogP contribution in [0.4, 0.5) is 8.78 Å². The zero-order chi connectivity index (χ0) is 14.9. The van der Waals surface area contributed by atoms with E-state index in [-0.39, 0.29) is 31.7 Å². The summed E-state index contributed by atoms with van der Waals surface area (Å²) in [5, 5.41) is 4.97. The summed E-state index contributed by atoms with van der Waals surface area (Å²) in [5.74, 6) is -2.97. The second-order valence-electron chi connectivity index (χ2n) is 4.34. The molecule has 1 heterocycles. The molecule has 2 N–H and O–H groups in total. The summed E-state index contributed by atoms with van der Waals surface area (Å²) in [6.45, 7) is 0.208. The molecule has 0 unspecified atom stereocenters. The van der Waals surface area contributed by atoms with Crippen LogP contribution in [0, 0.1) is 11.6 Å². The molecule has 20 heavy (non-hydrogen) atoms. The number of hydrogen-bond acceptors (Lipinski definition) is 3. The van der Waals surface area contributed by atoms with Crippen molar-refractivity contribution in [2.75, 3.05) is 26.2 Å². The summed E-state index contributed by atoms with van der Waals surface area (Å²) in [6.07, 6.45) is 0. The normalized spacial score (nSPS) is 17.2. The number of carbonyl (C=O) groups is 1. The molecule has 1 saturated heterocycles. The Morgan fingerprint density at radius 3 is 2.30 bits per heavy atom. The first kappa shape index (κ1) is 14.8. The maximum Gasteiger partial charge on any atom is 0.277 e. The van der Waals surface area contributed by atoms with E-state index in [2.05, 4.69) is 0 Å². The van der Waals surface area contributed by atoms with Gasteiger partial charge in [-0.3, -0.25) is 4.79 Å². The standard InChI is InChI=1S/C11H13F2N3O3S/c12-9-3-1-2-8(10(9)13)11(17)15-4-6-16(7-5-15)20(14,18)19/h1-3H,4-7H2,(H2,14,18,19). The molecule has 1 amide bonds. The predicted molar refractivity (Wildman–Crippen MR) is 66.9 cm³/mol. The number of halogens is 2. The maximum atomic E-state index is 13.5. The van der Waals surface area contributed by atoms with E-state index in [1.807, 2.05) is 0 Å². The van der Waals surface area contributed by atoms with Crippen molar-refractivity contribution in [2.24, 2.45) is 5.14 Å². The summed E-state index contributed by atoms with van der Waals surface area (Å²) >= 11 is 0. The lowest BCUT2D eigenvalue weighted by Crippen LogP contribution is -2.52. The van der Waals surface area contributed by atoms with E-state index in [1.54, 1.807) is 0 Å². The number of hydrogen-bond donors (Lipinski definition) is 1. The van der Waals surface area contributed by atoms with E-state index in [0.29, 0.717) is 0 Å². The fourth-order valence-corrected chi connectivity index (χ4v) is 2.66. The number of nitrogens with two attached hydrogens (primary N) is 1. The van der Waals surface area contributed by atoms with Gasteiger partial charge in [0.2, 0.25) is 0 Å². The van der Waals surface area contributed by atoms with Crippen LogP contribution in [0.15, 0.2) is 18.2 Å². The van der Waals surface area contributed by atoms with Crippen molar-refractivity contribution in [2.45, 2.75) is 0 Å². The Morgan fingerprint density at radius 1 is 1.15 bits per heavy atom. The minimum absolute atomic E-state index is 0.0293. The Bertz CT molecular complexity index is 628. The SMILES string of the molecule is NS(=O)(=O)N1CCN(C(=O)c2cccc(F)c2F)CC1. The van der Waals surface area contributed by atoms with Crippen molar-refractivity contribution in [1.82, 2.24) is 9.21 Å². The lowest BCUT2D eigenvalue weighted by molar-refractivity contribution is 0.0692. The topological polar surface area (TPSA) is 83.7 Å². The molecule has 0 spiro atoms. The lowest BCUT2D eigenvalue weighted by atomic mass is 10.1. The largest absolute Gasteiger partial charge is 0.336 e. The Morgan fingerprint density at radius 2 is 1.75 bits per heavy atom. The zero-order valence-corrected chi connectivity index (χ0v) is 11.2. The van der Waals surface area contributed by atoms with Gasteiger partial charge in [0, 0.05) is 26.2 Å². The highest BCUT2D eigenvalue weighted by Gasteiger charge is 2.28. The molecular weight excluding hydrogens is 292 g/mol. The maximum absolute atomic E-state index is 13.5. The summed E-state index contributed by atoms with van der Waals surface area (Å²) < 4.78 is 49.9. The molecule has 0 aromatic heterocycles. The van der Waals surface area contributed by atoms with Crippen molar-refractivity contribution < 1.29 is 22.0 Å². The van der Waals surface area contributed by atoms with E-state index in [0.717, 1.165) is 10.4 Å². The summed E-state index contributed by atoms with van der Waals surface area (Å²) in [6, 6.07) is 3.35. The highest BCUT2D eigenvalue weighted by Crippen LogP contribution is 2.15. The highest BCUT2D eigenvalue weighted by atomic mass is 32.2. The first-order chi connectivity index (χ1) is 9.30. The third-order valence-electron chi connectivity index (χ3n) is 3.07. The van der Waals surface area contributed by atoms with Gasteiger partial charge in [-0.05, 0) is 12.1 Å². The van der Waals surface area contributed by atoms with Crippen LogP contribution in [0.1, 0.15) is 10.4 Å². The fourth-order valence-electron chi connectivity index (χ4n) is 1.98. The lowest BCUT2D eigenvalue weighted by Gasteiger charge is -2.33. The van der Waals surface area contributed by atoms with Crippen LogP contribution in [0.2, 0.25) is 0 Å². The average molecular weight is 305 g/mol. The molecule has 1 aliphatic heterocycles. The highest BCUT2D eigenvalue weighted by molar-refractivity contribution is 7.86. The second kappa shape index (κ2) is 5.43. The van der Waals surface area contributed by atoms with Gasteiger partial charge in [-0.2, -0.15) is 12.7 Å². The Labute approximate surface area is 114 Å². The molecule has 0 aliphatic carbocycles. The third kappa shape index (κ3) is 2.94. The molecule has 1 aromatic carbocycles. The second-order valence-corrected chi connectivity index (χ2v) is 5.88. The third-order valence-corrected chi connectivity index (χ3v) is 4.15. The molecule has 1 aliphatic rings. The summed E-state index contributed by atoms with van der Waals surface area (Å²) in [4.78, 5) is 13.3. The van der Waals surface area contributed by atoms with Gasteiger partial charge in [0.25, 0.3) is 16.1 Å². The molecule has 0 bridgehead atoms. The van der Waals surface area contributed by atoms with Gasteiger partial charge in [-0.15, -0.1) is 0 Å². The monoisotopic (exact) mass is 305 g/mol. The van der Waals surface area contributed by atoms with E-state index in [9.17, 15) is 22.0 Å². The van der Waals surface area contributed by atoms with Crippen LogP contribution in [0.25, 0.3) is 0 Å². The van der Waals surface area contributed by atoms with Crippen molar-refractivity contribution >= 4 is 16.1 Å². The van der Waals surface area contributed by atoms with Gasteiger partial charge in [0.1, 0.15) is 0 Å². The summed E-state index contributed by atoms with van der Waals surface area (Å²) in [7, 11) is -3.79. The van der Waals surface area contributed by atoms with Gasteiger partial charge >= 0.3 is 0 Å². The summed E-state index contributed by atoms with van der Waals surface area (Å²) in [5.41, 5.74) is -0.367. The minimum atomic E-state index is -3.79.